The number of alkyl halides is 2. The van der Waals surface area contributed by atoms with E-state index in [0.29, 0.717) is 22.8 Å². The molecule has 0 saturated carbocycles. The van der Waals surface area contributed by atoms with Gasteiger partial charge in [-0.3, -0.25) is 4.79 Å². The van der Waals surface area contributed by atoms with Gasteiger partial charge in [0, 0.05) is 28.8 Å². The van der Waals surface area contributed by atoms with E-state index in [0.717, 1.165) is 11.8 Å². The lowest BCUT2D eigenvalue weighted by molar-refractivity contribution is -0.122. The number of halogens is 3. The molecule has 0 aromatic carbocycles. The van der Waals surface area contributed by atoms with Gasteiger partial charge in [0.1, 0.15) is 12.1 Å². The minimum atomic E-state index is -2.93. The lowest BCUT2D eigenvalue weighted by Gasteiger charge is -2.26. The molecule has 1 aliphatic heterocycles. The number of aliphatic hydroxyl groups excluding tert-OH is 1. The zero-order chi connectivity index (χ0) is 23.5. The molecule has 0 spiro atoms. The van der Waals surface area contributed by atoms with Crippen LogP contribution in [0.15, 0.2) is 46.6 Å². The van der Waals surface area contributed by atoms with E-state index in [1.807, 2.05) is 13.8 Å². The third-order valence-electron chi connectivity index (χ3n) is 5.86. The van der Waals surface area contributed by atoms with Gasteiger partial charge in [0.15, 0.2) is 17.0 Å². The molecule has 9 nitrogen and oxygen atoms in total. The van der Waals surface area contributed by atoms with E-state index in [1.165, 1.54) is 12.5 Å². The number of rotatable bonds is 4. The molecule has 3 aromatic rings. The SMILES string of the molecule is CC1(C)C[C@@H](C(=O)NC2=CC(C(F)F)=C(c3ncco3)C(O)N2)c2cnc3cc(Cl)nn3c21. The van der Waals surface area contributed by atoms with Gasteiger partial charge in [0.25, 0.3) is 6.43 Å². The number of hydrogen-bond acceptors (Lipinski definition) is 7. The van der Waals surface area contributed by atoms with Crippen molar-refractivity contribution < 1.29 is 23.1 Å². The van der Waals surface area contributed by atoms with Gasteiger partial charge in [0.05, 0.1) is 23.4 Å². The fourth-order valence-corrected chi connectivity index (χ4v) is 4.70. The van der Waals surface area contributed by atoms with Crippen LogP contribution in [0.3, 0.4) is 0 Å². The average molecular weight is 477 g/mol. The van der Waals surface area contributed by atoms with Crippen LogP contribution in [0.5, 0.6) is 0 Å². The van der Waals surface area contributed by atoms with E-state index in [4.69, 9.17) is 16.0 Å². The smallest absolute Gasteiger partial charge is 0.264 e. The minimum Gasteiger partial charge on any atom is -0.445 e. The Bertz CT molecular complexity index is 1320. The molecule has 2 atom stereocenters. The summed E-state index contributed by atoms with van der Waals surface area (Å²) in [6, 6.07) is 1.63. The van der Waals surface area contributed by atoms with Crippen LogP contribution in [0.2, 0.25) is 5.15 Å². The number of amides is 1. The normalized spacial score (nSPS) is 21.8. The standard InChI is InChI=1S/C21H19ClF2N6O3/c1-21(2)7-10(11-8-26-14-6-12(22)29-30(14)16(11)21)18(31)27-13-5-9(17(23)24)15(19(32)28-13)20-25-3-4-33-20/h3-6,8,10,17,19,28,32H,7H2,1-2H3,(H,27,31)/t10-,19?/m1/s1. The van der Waals surface area contributed by atoms with Crippen molar-refractivity contribution in [2.24, 2.45) is 0 Å². The van der Waals surface area contributed by atoms with Crippen LogP contribution in [-0.4, -0.2) is 43.2 Å². The van der Waals surface area contributed by atoms with E-state index in [1.54, 1.807) is 16.8 Å². The molecule has 1 amide bonds. The van der Waals surface area contributed by atoms with Gasteiger partial charge in [-0.1, -0.05) is 25.4 Å². The molecule has 0 radical (unpaired) electrons. The summed E-state index contributed by atoms with van der Waals surface area (Å²) in [4.78, 5) is 21.4. The Kier molecular flexibility index (Phi) is 4.98. The highest BCUT2D eigenvalue weighted by molar-refractivity contribution is 6.29. The lowest BCUT2D eigenvalue weighted by atomic mass is 9.88. The van der Waals surface area contributed by atoms with Gasteiger partial charge in [-0.25, -0.2) is 23.3 Å². The first-order valence-electron chi connectivity index (χ1n) is 10.1. The second-order valence-electron chi connectivity index (χ2n) is 8.54. The average Bonchev–Trinajstić information content (AvgIpc) is 3.44. The topological polar surface area (TPSA) is 118 Å². The Morgan fingerprint density at radius 1 is 1.42 bits per heavy atom. The van der Waals surface area contributed by atoms with Crippen molar-refractivity contribution in [2.45, 2.75) is 44.3 Å². The van der Waals surface area contributed by atoms with Crippen molar-refractivity contribution in [1.82, 2.24) is 30.2 Å². The predicted octanol–water partition coefficient (Wildman–Crippen LogP) is 2.73. The van der Waals surface area contributed by atoms with Crippen molar-refractivity contribution in [2.75, 3.05) is 0 Å². The molecular formula is C21H19ClF2N6O3. The van der Waals surface area contributed by atoms with Gasteiger partial charge < -0.3 is 20.2 Å². The van der Waals surface area contributed by atoms with Crippen molar-refractivity contribution in [3.63, 3.8) is 0 Å². The highest BCUT2D eigenvalue weighted by Gasteiger charge is 2.43. The van der Waals surface area contributed by atoms with Crippen molar-refractivity contribution in [3.8, 4) is 0 Å². The molecule has 0 fully saturated rings. The molecule has 3 aromatic heterocycles. The van der Waals surface area contributed by atoms with Crippen LogP contribution in [0.4, 0.5) is 8.78 Å². The first kappa shape index (κ1) is 21.5. The molecule has 0 bridgehead atoms. The Labute approximate surface area is 191 Å². The third kappa shape index (κ3) is 3.57. The molecule has 33 heavy (non-hydrogen) atoms. The molecule has 172 valence electrons. The van der Waals surface area contributed by atoms with Gasteiger partial charge in [-0.2, -0.15) is 5.10 Å². The summed E-state index contributed by atoms with van der Waals surface area (Å²) in [6.45, 7) is 3.96. The highest BCUT2D eigenvalue weighted by atomic mass is 35.5. The second-order valence-corrected chi connectivity index (χ2v) is 8.93. The Balaban J connectivity index is 1.48. The Morgan fingerprint density at radius 3 is 2.91 bits per heavy atom. The summed E-state index contributed by atoms with van der Waals surface area (Å²) in [6.07, 6.45) is 1.17. The fraction of sp³-hybridized carbons (Fsp3) is 0.333. The summed E-state index contributed by atoms with van der Waals surface area (Å²) in [5.41, 5.74) is 0.937. The number of carbonyl (C=O) groups is 1. The summed E-state index contributed by atoms with van der Waals surface area (Å²) in [5.74, 6) is -1.23. The highest BCUT2D eigenvalue weighted by Crippen LogP contribution is 2.45. The third-order valence-corrected chi connectivity index (χ3v) is 6.05. The number of oxazole rings is 1. The number of aromatic nitrogens is 4. The van der Waals surface area contributed by atoms with E-state index >= 15 is 0 Å². The molecule has 1 aliphatic carbocycles. The van der Waals surface area contributed by atoms with Gasteiger partial charge in [0.2, 0.25) is 11.8 Å². The zero-order valence-electron chi connectivity index (χ0n) is 17.5. The predicted molar refractivity (Wildman–Crippen MR) is 113 cm³/mol. The molecule has 2 aliphatic rings. The first-order chi connectivity index (χ1) is 15.7. The number of nitrogens with zero attached hydrogens (tertiary/aromatic N) is 4. The number of carbonyl (C=O) groups excluding carboxylic acids is 1. The van der Waals surface area contributed by atoms with Gasteiger partial charge in [-0.05, 0) is 12.5 Å². The maximum atomic E-state index is 13.7. The van der Waals surface area contributed by atoms with Crippen LogP contribution in [0.1, 0.15) is 43.3 Å². The molecule has 1 unspecified atom stereocenters. The van der Waals surface area contributed by atoms with Crippen molar-refractivity contribution >= 4 is 28.7 Å². The second kappa shape index (κ2) is 7.63. The summed E-state index contributed by atoms with van der Waals surface area (Å²) < 4.78 is 34.2. The first-order valence-corrected chi connectivity index (χ1v) is 10.5. The fourth-order valence-electron chi connectivity index (χ4n) is 4.52. The quantitative estimate of drug-likeness (QED) is 0.530. The number of nitrogens with one attached hydrogen (secondary N) is 2. The van der Waals surface area contributed by atoms with Gasteiger partial charge >= 0.3 is 0 Å². The van der Waals surface area contributed by atoms with Crippen molar-refractivity contribution in [3.05, 3.63) is 64.5 Å². The number of hydrogen-bond donors (Lipinski definition) is 3. The van der Waals surface area contributed by atoms with Crippen LogP contribution in [0.25, 0.3) is 11.2 Å². The number of dihydropyridines is 1. The molecule has 0 saturated heterocycles. The van der Waals surface area contributed by atoms with E-state index < -0.39 is 35.5 Å². The van der Waals surface area contributed by atoms with Crippen LogP contribution < -0.4 is 10.6 Å². The largest absolute Gasteiger partial charge is 0.445 e. The van der Waals surface area contributed by atoms with E-state index in [-0.39, 0.29) is 17.3 Å². The molecule has 5 rings (SSSR count). The van der Waals surface area contributed by atoms with Crippen LogP contribution >= 0.6 is 11.6 Å². The monoisotopic (exact) mass is 476 g/mol. The summed E-state index contributed by atoms with van der Waals surface area (Å²) in [5, 5.41) is 20.3. The van der Waals surface area contributed by atoms with Gasteiger partial charge in [-0.15, -0.1) is 0 Å². The van der Waals surface area contributed by atoms with E-state index in [9.17, 15) is 18.7 Å². The summed E-state index contributed by atoms with van der Waals surface area (Å²) in [7, 11) is 0. The maximum absolute atomic E-state index is 13.7. The zero-order valence-corrected chi connectivity index (χ0v) is 18.3. The number of fused-ring (bicyclic) bond motifs is 3. The molecule has 12 heteroatoms. The Hall–Kier alpha value is -3.31. The molecule has 4 heterocycles. The number of aliphatic hydroxyl groups is 1. The Morgan fingerprint density at radius 2 is 2.21 bits per heavy atom. The molecule has 3 N–H and O–H groups in total. The lowest BCUT2D eigenvalue weighted by Crippen LogP contribution is -2.42. The van der Waals surface area contributed by atoms with Crippen molar-refractivity contribution in [1.29, 1.82) is 0 Å². The van der Waals surface area contributed by atoms with E-state index in [2.05, 4.69) is 25.7 Å². The summed E-state index contributed by atoms with van der Waals surface area (Å²) >= 11 is 6.04. The minimum absolute atomic E-state index is 0.0551. The maximum Gasteiger partial charge on any atom is 0.264 e. The van der Waals surface area contributed by atoms with Crippen LogP contribution in [-0.2, 0) is 10.2 Å². The van der Waals surface area contributed by atoms with Crippen LogP contribution in [0, 0.1) is 0 Å². The molecular weight excluding hydrogens is 458 g/mol. The number of allylic oxidation sites excluding steroid dienone is 2.